The fraction of sp³-hybridized carbons (Fsp3) is 0.733. The average molecular weight is 298 g/mol. The maximum Gasteiger partial charge on any atom is 0.287 e. The van der Waals surface area contributed by atoms with Crippen molar-refractivity contribution >= 4 is 17.3 Å². The quantitative estimate of drug-likeness (QED) is 0.904. The zero-order valence-electron chi connectivity index (χ0n) is 12.5. The molecule has 5 heteroatoms. The molecule has 4 nitrogen and oxygen atoms in total. The van der Waals surface area contributed by atoms with Gasteiger partial charge >= 0.3 is 0 Å². The van der Waals surface area contributed by atoms with Gasteiger partial charge in [-0.1, -0.05) is 38.8 Å². The number of rotatable bonds is 5. The molecular weight excluding hydrogens is 274 g/mol. The molecule has 1 saturated carbocycles. The van der Waals surface area contributed by atoms with Gasteiger partial charge in [-0.2, -0.15) is 5.10 Å². The molecule has 0 radical (unpaired) electrons. The largest absolute Gasteiger partial charge is 0.379 e. The van der Waals surface area contributed by atoms with Crippen LogP contribution in [0.4, 0.5) is 5.69 Å². The van der Waals surface area contributed by atoms with Crippen molar-refractivity contribution in [2.24, 2.45) is 11.8 Å². The highest BCUT2D eigenvalue weighted by Crippen LogP contribution is 2.36. The number of anilines is 1. The molecule has 20 heavy (non-hydrogen) atoms. The molecule has 0 bridgehead atoms. The number of nitrogens with one attached hydrogen (secondary N) is 1. The molecule has 3 atom stereocenters. The molecule has 0 aromatic carbocycles. The topological polar surface area (TPSA) is 46.9 Å². The number of aromatic nitrogens is 2. The van der Waals surface area contributed by atoms with Crippen LogP contribution in [0.15, 0.2) is 11.0 Å². The Morgan fingerprint density at radius 1 is 1.45 bits per heavy atom. The van der Waals surface area contributed by atoms with Gasteiger partial charge in [0.25, 0.3) is 5.56 Å². The Labute approximate surface area is 125 Å². The highest BCUT2D eigenvalue weighted by Gasteiger charge is 2.31. The Balaban J connectivity index is 2.15. The second-order valence-electron chi connectivity index (χ2n) is 5.76. The van der Waals surface area contributed by atoms with E-state index in [1.165, 1.54) is 17.5 Å². The maximum atomic E-state index is 12.1. The molecule has 1 aromatic heterocycles. The molecule has 2 rings (SSSR count). The average Bonchev–Trinajstić information content (AvgIpc) is 2.79. The summed E-state index contributed by atoms with van der Waals surface area (Å²) in [5.41, 5.74) is 0.480. The lowest BCUT2D eigenvalue weighted by Crippen LogP contribution is -2.28. The number of nitrogens with zero attached hydrogens (tertiary/aromatic N) is 2. The molecule has 1 heterocycles. The lowest BCUT2D eigenvalue weighted by molar-refractivity contribution is 0.392. The Bertz CT molecular complexity index is 514. The summed E-state index contributed by atoms with van der Waals surface area (Å²) in [6, 6.07) is 0.390. The van der Waals surface area contributed by atoms with E-state index in [1.807, 2.05) is 6.92 Å². The third-order valence-corrected chi connectivity index (χ3v) is 4.88. The Kier molecular flexibility index (Phi) is 5.08. The third kappa shape index (κ3) is 3.00. The van der Waals surface area contributed by atoms with E-state index in [1.54, 1.807) is 6.20 Å². The van der Waals surface area contributed by atoms with Crippen LogP contribution < -0.4 is 10.9 Å². The van der Waals surface area contributed by atoms with E-state index in [-0.39, 0.29) is 10.6 Å². The van der Waals surface area contributed by atoms with E-state index >= 15 is 0 Å². The van der Waals surface area contributed by atoms with Gasteiger partial charge in [0.15, 0.2) is 0 Å². The van der Waals surface area contributed by atoms with Gasteiger partial charge in [0.05, 0.1) is 11.9 Å². The van der Waals surface area contributed by atoms with Crippen molar-refractivity contribution < 1.29 is 0 Å². The number of hydrogen-bond acceptors (Lipinski definition) is 3. The standard InChI is InChI=1S/C15H24ClN3O/c1-4-8-19-15(20)14(16)13(9-17-19)18-12-7-6-11(5-2)10(12)3/h9-12,18H,4-8H2,1-3H3. The highest BCUT2D eigenvalue weighted by atomic mass is 35.5. The van der Waals surface area contributed by atoms with Crippen LogP contribution in [0.1, 0.15) is 46.5 Å². The van der Waals surface area contributed by atoms with Crippen LogP contribution >= 0.6 is 11.6 Å². The summed E-state index contributed by atoms with van der Waals surface area (Å²) >= 11 is 6.19. The fourth-order valence-electron chi connectivity index (χ4n) is 3.16. The van der Waals surface area contributed by atoms with Gasteiger partial charge in [-0.25, -0.2) is 4.68 Å². The van der Waals surface area contributed by atoms with Gasteiger partial charge in [0.2, 0.25) is 0 Å². The fourth-order valence-corrected chi connectivity index (χ4v) is 3.36. The van der Waals surface area contributed by atoms with Crippen molar-refractivity contribution in [2.75, 3.05) is 5.32 Å². The summed E-state index contributed by atoms with van der Waals surface area (Å²) in [5, 5.41) is 7.88. The van der Waals surface area contributed by atoms with Gasteiger partial charge in [-0.3, -0.25) is 4.79 Å². The van der Waals surface area contributed by atoms with Crippen molar-refractivity contribution in [1.29, 1.82) is 0 Å². The van der Waals surface area contributed by atoms with Crippen molar-refractivity contribution in [3.8, 4) is 0 Å². The van der Waals surface area contributed by atoms with Gasteiger partial charge < -0.3 is 5.32 Å². The predicted molar refractivity (Wildman–Crippen MR) is 83.4 cm³/mol. The Morgan fingerprint density at radius 3 is 2.80 bits per heavy atom. The summed E-state index contributed by atoms with van der Waals surface area (Å²) < 4.78 is 1.43. The summed E-state index contributed by atoms with van der Waals surface area (Å²) in [6.07, 6.45) is 6.14. The first-order chi connectivity index (χ1) is 9.58. The van der Waals surface area contributed by atoms with Crippen LogP contribution in [-0.4, -0.2) is 15.8 Å². The van der Waals surface area contributed by atoms with Crippen LogP contribution in [0.2, 0.25) is 5.02 Å². The summed E-state index contributed by atoms with van der Waals surface area (Å²) in [5.74, 6) is 1.37. The second kappa shape index (κ2) is 6.61. The lowest BCUT2D eigenvalue weighted by atomic mass is 9.93. The Hall–Kier alpha value is -1.03. The molecule has 1 aromatic rings. The number of hydrogen-bond donors (Lipinski definition) is 1. The number of halogens is 1. The van der Waals surface area contributed by atoms with Crippen molar-refractivity contribution in [3.05, 3.63) is 21.6 Å². The van der Waals surface area contributed by atoms with E-state index in [2.05, 4.69) is 24.3 Å². The summed E-state index contributed by atoms with van der Waals surface area (Å²) in [4.78, 5) is 12.1. The maximum absolute atomic E-state index is 12.1. The van der Waals surface area contributed by atoms with Crippen molar-refractivity contribution in [1.82, 2.24) is 9.78 Å². The molecule has 1 aliphatic carbocycles. The molecule has 1 fully saturated rings. The van der Waals surface area contributed by atoms with Gasteiger partial charge in [-0.15, -0.1) is 0 Å². The lowest BCUT2D eigenvalue weighted by Gasteiger charge is -2.22. The first kappa shape index (κ1) is 15.4. The van der Waals surface area contributed by atoms with Crippen molar-refractivity contribution in [2.45, 2.75) is 59.0 Å². The predicted octanol–water partition coefficient (Wildman–Crippen LogP) is 3.54. The van der Waals surface area contributed by atoms with Crippen LogP contribution in [0.5, 0.6) is 0 Å². The van der Waals surface area contributed by atoms with Gasteiger partial charge in [0, 0.05) is 12.6 Å². The van der Waals surface area contributed by atoms with Gasteiger partial charge in [-0.05, 0) is 31.1 Å². The summed E-state index contributed by atoms with van der Waals surface area (Å²) in [7, 11) is 0. The molecule has 0 saturated heterocycles. The van der Waals surface area contributed by atoms with E-state index in [4.69, 9.17) is 11.6 Å². The van der Waals surface area contributed by atoms with Crippen LogP contribution in [0, 0.1) is 11.8 Å². The minimum Gasteiger partial charge on any atom is -0.379 e. The molecule has 1 N–H and O–H groups in total. The first-order valence-electron chi connectivity index (χ1n) is 7.60. The highest BCUT2D eigenvalue weighted by molar-refractivity contribution is 6.32. The van der Waals surface area contributed by atoms with E-state index in [9.17, 15) is 4.79 Å². The van der Waals surface area contributed by atoms with Crippen LogP contribution in [0.25, 0.3) is 0 Å². The molecule has 0 amide bonds. The molecule has 0 spiro atoms. The van der Waals surface area contributed by atoms with Crippen molar-refractivity contribution in [3.63, 3.8) is 0 Å². The first-order valence-corrected chi connectivity index (χ1v) is 7.98. The SMILES string of the molecule is CCCn1ncc(NC2CCC(CC)C2C)c(Cl)c1=O. The minimum atomic E-state index is -0.198. The minimum absolute atomic E-state index is 0.198. The monoisotopic (exact) mass is 297 g/mol. The zero-order chi connectivity index (χ0) is 14.7. The normalized spacial score (nSPS) is 25.9. The van der Waals surface area contributed by atoms with Crippen LogP contribution in [0.3, 0.4) is 0 Å². The summed E-state index contributed by atoms with van der Waals surface area (Å²) in [6.45, 7) is 7.14. The zero-order valence-corrected chi connectivity index (χ0v) is 13.3. The smallest absolute Gasteiger partial charge is 0.287 e. The second-order valence-corrected chi connectivity index (χ2v) is 6.13. The molecule has 1 aliphatic rings. The molecule has 0 aliphatic heterocycles. The van der Waals surface area contributed by atoms with E-state index in [0.717, 1.165) is 18.8 Å². The Morgan fingerprint density at radius 2 is 2.20 bits per heavy atom. The molecular formula is C15H24ClN3O. The molecule has 112 valence electrons. The molecule has 3 unspecified atom stereocenters. The van der Waals surface area contributed by atoms with Crippen LogP contribution in [-0.2, 0) is 6.54 Å². The number of aryl methyl sites for hydroxylation is 1. The third-order valence-electron chi connectivity index (χ3n) is 4.51. The van der Waals surface area contributed by atoms with E-state index in [0.29, 0.717) is 24.2 Å². The van der Waals surface area contributed by atoms with E-state index < -0.39 is 0 Å². The van der Waals surface area contributed by atoms with Gasteiger partial charge in [0.1, 0.15) is 5.02 Å².